The number of rotatable bonds is 4. The highest BCUT2D eigenvalue weighted by Gasteiger charge is 2.03. The van der Waals surface area contributed by atoms with Crippen LogP contribution in [0.15, 0.2) is 18.7 Å². The van der Waals surface area contributed by atoms with Crippen molar-refractivity contribution < 1.29 is 0 Å². The van der Waals surface area contributed by atoms with E-state index in [1.54, 1.807) is 6.07 Å². The summed E-state index contributed by atoms with van der Waals surface area (Å²) in [4.78, 5) is 8.36. The topological polar surface area (TPSA) is 37.8 Å². The quantitative estimate of drug-likeness (QED) is 0.615. The van der Waals surface area contributed by atoms with E-state index < -0.39 is 0 Å². The lowest BCUT2D eigenvalue weighted by atomic mass is 10.3. The van der Waals surface area contributed by atoms with Gasteiger partial charge >= 0.3 is 0 Å². The number of aromatic nitrogens is 2. The first kappa shape index (κ1) is 11.0. The summed E-state index contributed by atoms with van der Waals surface area (Å²) in [5.74, 6) is 1.49. The van der Waals surface area contributed by atoms with E-state index in [0.717, 1.165) is 18.1 Å². The molecular weight excluding hydrogens is 198 g/mol. The predicted octanol–water partition coefficient (Wildman–Crippen LogP) is 2.68. The monoisotopic (exact) mass is 211 g/mol. The molecule has 0 aromatic carbocycles. The van der Waals surface area contributed by atoms with Gasteiger partial charge in [0.1, 0.15) is 16.8 Å². The summed E-state index contributed by atoms with van der Waals surface area (Å²) in [6.45, 7) is 7.67. The van der Waals surface area contributed by atoms with Crippen LogP contribution in [0.3, 0.4) is 0 Å². The van der Waals surface area contributed by atoms with E-state index in [1.165, 1.54) is 0 Å². The summed E-state index contributed by atoms with van der Waals surface area (Å²) in [5.41, 5.74) is 0. The fraction of sp³-hybridized carbons (Fsp3) is 0.400. The van der Waals surface area contributed by atoms with Crippen molar-refractivity contribution in [2.75, 3.05) is 5.32 Å². The zero-order valence-corrected chi connectivity index (χ0v) is 9.17. The Kier molecular flexibility index (Phi) is 3.89. The third-order valence-corrected chi connectivity index (χ3v) is 1.98. The van der Waals surface area contributed by atoms with E-state index in [0.29, 0.717) is 5.15 Å². The van der Waals surface area contributed by atoms with E-state index >= 15 is 0 Å². The number of aryl methyl sites for hydroxylation is 1. The summed E-state index contributed by atoms with van der Waals surface area (Å²) in [5, 5.41) is 3.62. The van der Waals surface area contributed by atoms with Gasteiger partial charge in [-0.15, -0.1) is 6.58 Å². The largest absolute Gasteiger partial charge is 0.364 e. The molecule has 0 spiro atoms. The van der Waals surface area contributed by atoms with Crippen molar-refractivity contribution in [1.82, 2.24) is 9.97 Å². The van der Waals surface area contributed by atoms with Gasteiger partial charge in [-0.05, 0) is 6.92 Å². The molecule has 4 heteroatoms. The second-order valence-electron chi connectivity index (χ2n) is 3.01. The smallest absolute Gasteiger partial charge is 0.134 e. The zero-order chi connectivity index (χ0) is 10.6. The average molecular weight is 212 g/mol. The van der Waals surface area contributed by atoms with Gasteiger partial charge in [-0.25, -0.2) is 9.97 Å². The molecule has 0 bridgehead atoms. The molecule has 1 aromatic rings. The van der Waals surface area contributed by atoms with Crippen LogP contribution in [0.4, 0.5) is 5.82 Å². The first-order valence-electron chi connectivity index (χ1n) is 4.58. The molecule has 0 amide bonds. The Morgan fingerprint density at radius 1 is 1.64 bits per heavy atom. The predicted molar refractivity (Wildman–Crippen MR) is 59.7 cm³/mol. The molecular formula is C10H14ClN3. The van der Waals surface area contributed by atoms with Crippen LogP contribution in [0.5, 0.6) is 0 Å². The van der Waals surface area contributed by atoms with Gasteiger partial charge in [-0.2, -0.15) is 0 Å². The van der Waals surface area contributed by atoms with Gasteiger partial charge in [0.2, 0.25) is 0 Å². The molecule has 1 rings (SSSR count). The van der Waals surface area contributed by atoms with Crippen molar-refractivity contribution >= 4 is 17.4 Å². The zero-order valence-electron chi connectivity index (χ0n) is 8.42. The minimum absolute atomic E-state index is 0.172. The van der Waals surface area contributed by atoms with Crippen molar-refractivity contribution in [2.24, 2.45) is 0 Å². The highest BCUT2D eigenvalue weighted by atomic mass is 35.5. The molecule has 1 aromatic heterocycles. The van der Waals surface area contributed by atoms with Crippen LogP contribution in [0, 0.1) is 0 Å². The lowest BCUT2D eigenvalue weighted by molar-refractivity contribution is 0.914. The Bertz CT molecular complexity index is 325. The van der Waals surface area contributed by atoms with Gasteiger partial charge < -0.3 is 5.32 Å². The van der Waals surface area contributed by atoms with E-state index in [4.69, 9.17) is 11.6 Å². The maximum Gasteiger partial charge on any atom is 0.134 e. The maximum absolute atomic E-state index is 5.84. The number of halogens is 1. The molecule has 0 saturated heterocycles. The lowest BCUT2D eigenvalue weighted by Crippen LogP contribution is -2.13. The summed E-state index contributed by atoms with van der Waals surface area (Å²) >= 11 is 5.84. The standard InChI is InChI=1S/C10H14ClN3/c1-4-7(3)12-10-6-8(11)13-9(5-2)14-10/h4,6-7H,1,5H2,2-3H3,(H,12,13,14). The first-order valence-corrected chi connectivity index (χ1v) is 4.96. The Morgan fingerprint density at radius 2 is 2.36 bits per heavy atom. The number of nitrogens with one attached hydrogen (secondary N) is 1. The summed E-state index contributed by atoms with van der Waals surface area (Å²) < 4.78 is 0. The molecule has 0 aliphatic heterocycles. The SMILES string of the molecule is C=CC(C)Nc1cc(Cl)nc(CC)n1. The number of anilines is 1. The number of nitrogens with zero attached hydrogens (tertiary/aromatic N) is 2. The highest BCUT2D eigenvalue weighted by Crippen LogP contribution is 2.12. The Hall–Kier alpha value is -1.09. The Morgan fingerprint density at radius 3 is 2.93 bits per heavy atom. The molecule has 1 heterocycles. The molecule has 14 heavy (non-hydrogen) atoms. The van der Waals surface area contributed by atoms with Crippen LogP contribution in [-0.4, -0.2) is 16.0 Å². The second-order valence-corrected chi connectivity index (χ2v) is 3.40. The van der Waals surface area contributed by atoms with E-state index in [-0.39, 0.29) is 6.04 Å². The minimum Gasteiger partial charge on any atom is -0.364 e. The summed E-state index contributed by atoms with van der Waals surface area (Å²) in [6.07, 6.45) is 2.58. The molecule has 0 aliphatic rings. The molecule has 0 radical (unpaired) electrons. The van der Waals surface area contributed by atoms with E-state index in [2.05, 4.69) is 21.9 Å². The number of hydrogen-bond donors (Lipinski definition) is 1. The van der Waals surface area contributed by atoms with Crippen molar-refractivity contribution in [2.45, 2.75) is 26.3 Å². The average Bonchev–Trinajstić information content (AvgIpc) is 2.16. The van der Waals surface area contributed by atoms with Crippen molar-refractivity contribution in [1.29, 1.82) is 0 Å². The molecule has 1 unspecified atom stereocenters. The van der Waals surface area contributed by atoms with Gasteiger partial charge in [0.15, 0.2) is 0 Å². The van der Waals surface area contributed by atoms with Crippen LogP contribution < -0.4 is 5.32 Å². The number of hydrogen-bond acceptors (Lipinski definition) is 3. The van der Waals surface area contributed by atoms with Gasteiger partial charge in [-0.3, -0.25) is 0 Å². The van der Waals surface area contributed by atoms with Crippen molar-refractivity contribution in [3.05, 3.63) is 29.7 Å². The highest BCUT2D eigenvalue weighted by molar-refractivity contribution is 6.29. The molecule has 1 atom stereocenters. The third kappa shape index (κ3) is 3.00. The van der Waals surface area contributed by atoms with Gasteiger partial charge in [0.25, 0.3) is 0 Å². The normalized spacial score (nSPS) is 12.2. The van der Waals surface area contributed by atoms with Crippen molar-refractivity contribution in [3.63, 3.8) is 0 Å². The Labute approximate surface area is 89.2 Å². The second kappa shape index (κ2) is 4.96. The molecule has 1 N–H and O–H groups in total. The van der Waals surface area contributed by atoms with Crippen LogP contribution in [0.25, 0.3) is 0 Å². The van der Waals surface area contributed by atoms with Gasteiger partial charge in [0.05, 0.1) is 0 Å². The summed E-state index contributed by atoms with van der Waals surface area (Å²) in [6, 6.07) is 1.88. The lowest BCUT2D eigenvalue weighted by Gasteiger charge is -2.10. The van der Waals surface area contributed by atoms with E-state index in [9.17, 15) is 0 Å². The maximum atomic E-state index is 5.84. The fourth-order valence-electron chi connectivity index (χ4n) is 0.989. The van der Waals surface area contributed by atoms with Gasteiger partial charge in [-0.1, -0.05) is 24.6 Å². The minimum atomic E-state index is 0.172. The molecule has 0 fully saturated rings. The van der Waals surface area contributed by atoms with Gasteiger partial charge in [0, 0.05) is 18.5 Å². The molecule has 3 nitrogen and oxygen atoms in total. The third-order valence-electron chi connectivity index (χ3n) is 1.79. The first-order chi connectivity index (χ1) is 6.65. The van der Waals surface area contributed by atoms with Crippen LogP contribution in [-0.2, 0) is 6.42 Å². The van der Waals surface area contributed by atoms with Crippen LogP contribution in [0.2, 0.25) is 5.15 Å². The van der Waals surface area contributed by atoms with Crippen molar-refractivity contribution in [3.8, 4) is 0 Å². The summed E-state index contributed by atoms with van der Waals surface area (Å²) in [7, 11) is 0. The fourth-order valence-corrected chi connectivity index (χ4v) is 1.19. The van der Waals surface area contributed by atoms with E-state index in [1.807, 2.05) is 19.9 Å². The molecule has 76 valence electrons. The molecule has 0 saturated carbocycles. The molecule has 0 aliphatic carbocycles. The van der Waals surface area contributed by atoms with Crippen LogP contribution in [0.1, 0.15) is 19.7 Å². The Balaban J connectivity index is 2.86. The van der Waals surface area contributed by atoms with Crippen LogP contribution >= 0.6 is 11.6 Å².